The van der Waals surface area contributed by atoms with Gasteiger partial charge in [-0.1, -0.05) is 17.7 Å². The molecule has 1 aliphatic rings. The van der Waals surface area contributed by atoms with Crippen LogP contribution in [0.5, 0.6) is 0 Å². The monoisotopic (exact) mass is 308 g/mol. The first-order chi connectivity index (χ1) is 11.2. The van der Waals surface area contributed by atoms with E-state index in [1.807, 2.05) is 31.2 Å². The van der Waals surface area contributed by atoms with Crippen molar-refractivity contribution in [1.29, 1.82) is 0 Å². The highest BCUT2D eigenvalue weighted by Gasteiger charge is 2.33. The lowest BCUT2D eigenvalue weighted by molar-refractivity contribution is -0.117. The number of nitrogens with zero attached hydrogens (tertiary/aromatic N) is 5. The molecule has 1 amide bonds. The summed E-state index contributed by atoms with van der Waals surface area (Å²) in [7, 11) is 0. The highest BCUT2D eigenvalue weighted by Crippen LogP contribution is 2.24. The van der Waals surface area contributed by atoms with E-state index in [0.29, 0.717) is 18.0 Å². The van der Waals surface area contributed by atoms with Gasteiger partial charge < -0.3 is 10.2 Å². The van der Waals surface area contributed by atoms with Crippen molar-refractivity contribution in [3.63, 3.8) is 0 Å². The van der Waals surface area contributed by atoms with Crippen molar-refractivity contribution >= 4 is 23.1 Å². The fourth-order valence-electron chi connectivity index (χ4n) is 2.82. The Bertz CT molecular complexity index is 856. The predicted molar refractivity (Wildman–Crippen MR) is 86.3 cm³/mol. The van der Waals surface area contributed by atoms with E-state index in [1.165, 1.54) is 5.56 Å². The average Bonchev–Trinajstić information content (AvgIpc) is 3.17. The van der Waals surface area contributed by atoms with Crippen LogP contribution in [0.1, 0.15) is 12.0 Å². The summed E-state index contributed by atoms with van der Waals surface area (Å²) >= 11 is 0. The van der Waals surface area contributed by atoms with E-state index in [2.05, 4.69) is 20.5 Å². The normalized spacial score (nSPS) is 17.9. The first-order valence-electron chi connectivity index (χ1n) is 7.51. The number of benzene rings is 1. The zero-order chi connectivity index (χ0) is 15.8. The SMILES string of the molecule is Cc1ccc(N2CCC(Nc3nccn4cnnc34)C2=O)cc1. The van der Waals surface area contributed by atoms with Gasteiger partial charge in [0.05, 0.1) is 0 Å². The van der Waals surface area contributed by atoms with Crippen molar-refractivity contribution in [2.24, 2.45) is 0 Å². The molecule has 3 heterocycles. The van der Waals surface area contributed by atoms with Crippen LogP contribution in [-0.4, -0.2) is 38.1 Å². The molecule has 1 unspecified atom stereocenters. The van der Waals surface area contributed by atoms with E-state index in [4.69, 9.17) is 0 Å². The summed E-state index contributed by atoms with van der Waals surface area (Å²) in [6.45, 7) is 2.72. The van der Waals surface area contributed by atoms with Gasteiger partial charge in [-0.2, -0.15) is 0 Å². The fraction of sp³-hybridized carbons (Fsp3) is 0.250. The molecule has 2 aromatic heterocycles. The largest absolute Gasteiger partial charge is 0.355 e. The third-order valence-corrected chi connectivity index (χ3v) is 4.08. The number of aromatic nitrogens is 4. The van der Waals surface area contributed by atoms with E-state index in [0.717, 1.165) is 12.1 Å². The highest BCUT2D eigenvalue weighted by atomic mass is 16.2. The predicted octanol–water partition coefficient (Wildman–Crippen LogP) is 1.65. The Kier molecular flexibility index (Phi) is 3.18. The lowest BCUT2D eigenvalue weighted by Crippen LogP contribution is -2.33. The Morgan fingerprint density at radius 1 is 1.26 bits per heavy atom. The van der Waals surface area contributed by atoms with Gasteiger partial charge in [-0.05, 0) is 25.5 Å². The smallest absolute Gasteiger partial charge is 0.249 e. The van der Waals surface area contributed by atoms with E-state index >= 15 is 0 Å². The summed E-state index contributed by atoms with van der Waals surface area (Å²) in [5.41, 5.74) is 2.73. The molecule has 0 radical (unpaired) electrons. The van der Waals surface area contributed by atoms with Crippen LogP contribution < -0.4 is 10.2 Å². The molecule has 0 bridgehead atoms. The quantitative estimate of drug-likeness (QED) is 0.796. The first kappa shape index (κ1) is 13.7. The minimum absolute atomic E-state index is 0.0529. The summed E-state index contributed by atoms with van der Waals surface area (Å²) in [6, 6.07) is 7.69. The maximum Gasteiger partial charge on any atom is 0.249 e. The first-order valence-corrected chi connectivity index (χ1v) is 7.51. The summed E-state index contributed by atoms with van der Waals surface area (Å²) in [6.07, 6.45) is 5.77. The van der Waals surface area contributed by atoms with Gasteiger partial charge in [0.1, 0.15) is 12.4 Å². The van der Waals surface area contributed by atoms with Crippen LogP contribution in [-0.2, 0) is 4.79 Å². The lowest BCUT2D eigenvalue weighted by atomic mass is 10.2. The zero-order valence-electron chi connectivity index (χ0n) is 12.7. The van der Waals surface area contributed by atoms with E-state index in [9.17, 15) is 4.79 Å². The Morgan fingerprint density at radius 2 is 2.09 bits per heavy atom. The van der Waals surface area contributed by atoms with Crippen molar-refractivity contribution in [1.82, 2.24) is 19.6 Å². The third-order valence-electron chi connectivity index (χ3n) is 4.08. The zero-order valence-corrected chi connectivity index (χ0v) is 12.7. The van der Waals surface area contributed by atoms with E-state index in [1.54, 1.807) is 28.0 Å². The van der Waals surface area contributed by atoms with Crippen LogP contribution >= 0.6 is 0 Å². The second-order valence-corrected chi connectivity index (χ2v) is 5.65. The van der Waals surface area contributed by atoms with Crippen LogP contribution in [0.4, 0.5) is 11.5 Å². The van der Waals surface area contributed by atoms with Gasteiger partial charge >= 0.3 is 0 Å². The minimum atomic E-state index is -0.299. The molecule has 1 saturated heterocycles. The molecule has 1 atom stereocenters. The fourth-order valence-corrected chi connectivity index (χ4v) is 2.82. The van der Waals surface area contributed by atoms with Gasteiger partial charge in [-0.15, -0.1) is 10.2 Å². The number of hydrogen-bond donors (Lipinski definition) is 1. The molecule has 7 heteroatoms. The molecule has 1 N–H and O–H groups in total. The summed E-state index contributed by atoms with van der Waals surface area (Å²) in [4.78, 5) is 18.8. The van der Waals surface area contributed by atoms with Gasteiger partial charge in [-0.3, -0.25) is 9.20 Å². The number of carbonyl (C=O) groups is 1. The molecular formula is C16H16N6O. The molecule has 3 aromatic rings. The molecule has 1 fully saturated rings. The second-order valence-electron chi connectivity index (χ2n) is 5.65. The van der Waals surface area contributed by atoms with Crippen LogP contribution in [0.25, 0.3) is 5.65 Å². The number of nitrogens with one attached hydrogen (secondary N) is 1. The van der Waals surface area contributed by atoms with Gasteiger partial charge in [-0.25, -0.2) is 4.98 Å². The molecule has 0 aliphatic carbocycles. The number of rotatable bonds is 3. The van der Waals surface area contributed by atoms with Crippen molar-refractivity contribution < 1.29 is 4.79 Å². The maximum atomic E-state index is 12.7. The molecule has 7 nitrogen and oxygen atoms in total. The Hall–Kier alpha value is -2.96. The minimum Gasteiger partial charge on any atom is -0.355 e. The van der Waals surface area contributed by atoms with Gasteiger partial charge in [0.2, 0.25) is 11.6 Å². The molecule has 0 spiro atoms. The van der Waals surface area contributed by atoms with Crippen molar-refractivity contribution in [3.05, 3.63) is 48.5 Å². The number of anilines is 2. The molecule has 116 valence electrons. The maximum absolute atomic E-state index is 12.7. The standard InChI is InChI=1S/C16H16N6O/c1-11-2-4-12(5-3-11)22-8-6-13(16(22)23)19-14-15-20-18-10-21(15)9-7-17-14/h2-5,7,9-10,13H,6,8H2,1H3,(H,17,19). The van der Waals surface area contributed by atoms with Gasteiger partial charge in [0, 0.05) is 24.6 Å². The molecule has 1 aromatic carbocycles. The third kappa shape index (κ3) is 2.40. The summed E-state index contributed by atoms with van der Waals surface area (Å²) < 4.78 is 1.77. The molecule has 4 rings (SSSR count). The average molecular weight is 308 g/mol. The molecular weight excluding hydrogens is 292 g/mol. The topological polar surface area (TPSA) is 75.4 Å². The molecule has 1 aliphatic heterocycles. The van der Waals surface area contributed by atoms with Crippen molar-refractivity contribution in [3.8, 4) is 0 Å². The van der Waals surface area contributed by atoms with Crippen LogP contribution in [0, 0.1) is 6.92 Å². The number of aryl methyl sites for hydroxylation is 1. The Labute approximate surface area is 133 Å². The molecule has 0 saturated carbocycles. The summed E-state index contributed by atoms with van der Waals surface area (Å²) in [5, 5.41) is 11.1. The van der Waals surface area contributed by atoms with Gasteiger partial charge in [0.25, 0.3) is 0 Å². The van der Waals surface area contributed by atoms with E-state index < -0.39 is 0 Å². The summed E-state index contributed by atoms with van der Waals surface area (Å²) in [5.74, 6) is 0.631. The highest BCUT2D eigenvalue weighted by molar-refractivity contribution is 6.01. The van der Waals surface area contributed by atoms with Crippen LogP contribution in [0.2, 0.25) is 0 Å². The van der Waals surface area contributed by atoms with E-state index in [-0.39, 0.29) is 11.9 Å². The number of fused-ring (bicyclic) bond motifs is 1. The van der Waals surface area contributed by atoms with Crippen molar-refractivity contribution in [2.75, 3.05) is 16.8 Å². The van der Waals surface area contributed by atoms with Crippen molar-refractivity contribution in [2.45, 2.75) is 19.4 Å². The number of hydrogen-bond acceptors (Lipinski definition) is 5. The number of carbonyl (C=O) groups excluding carboxylic acids is 1. The number of amides is 1. The van der Waals surface area contributed by atoms with Gasteiger partial charge in [0.15, 0.2) is 5.82 Å². The lowest BCUT2D eigenvalue weighted by Gasteiger charge is -2.17. The van der Waals surface area contributed by atoms with Crippen LogP contribution in [0.15, 0.2) is 43.0 Å². The Morgan fingerprint density at radius 3 is 2.91 bits per heavy atom. The molecule has 23 heavy (non-hydrogen) atoms. The van der Waals surface area contributed by atoms with Crippen LogP contribution in [0.3, 0.4) is 0 Å². The second kappa shape index (κ2) is 5.35. The Balaban J connectivity index is 1.56.